The van der Waals surface area contributed by atoms with Crippen LogP contribution in [-0.4, -0.2) is 34.8 Å². The Morgan fingerprint density at radius 1 is 1.40 bits per heavy atom. The van der Waals surface area contributed by atoms with Crippen molar-refractivity contribution in [3.05, 3.63) is 0 Å². The number of imide groups is 1. The highest BCUT2D eigenvalue weighted by molar-refractivity contribution is 6.05. The van der Waals surface area contributed by atoms with Crippen LogP contribution in [0.25, 0.3) is 0 Å². The van der Waals surface area contributed by atoms with Crippen LogP contribution in [0, 0.1) is 5.92 Å². The summed E-state index contributed by atoms with van der Waals surface area (Å²) in [6, 6.07) is 0.155. The zero-order valence-electron chi connectivity index (χ0n) is 9.49. The largest absolute Gasteiger partial charge is 0.302 e. The topological polar surface area (TPSA) is 49.4 Å². The molecule has 2 rings (SSSR count). The van der Waals surface area contributed by atoms with Gasteiger partial charge in [-0.25, -0.2) is 0 Å². The maximum absolute atomic E-state index is 11.9. The van der Waals surface area contributed by atoms with Crippen molar-refractivity contribution >= 4 is 11.8 Å². The van der Waals surface area contributed by atoms with Crippen molar-refractivity contribution in [2.24, 2.45) is 5.92 Å². The number of hydrogen-bond acceptors (Lipinski definition) is 3. The standard InChI is InChI=1S/C11H18N2O2/c1-6(2)13-10(14)5-9(11(13)15)12-8-4-7(8)3/h6-9,12H,4-5H2,1-3H3. The van der Waals surface area contributed by atoms with Gasteiger partial charge in [0.25, 0.3) is 0 Å². The number of nitrogens with one attached hydrogen (secondary N) is 1. The fraction of sp³-hybridized carbons (Fsp3) is 0.818. The molecule has 2 fully saturated rings. The van der Waals surface area contributed by atoms with Crippen LogP contribution in [0.15, 0.2) is 0 Å². The summed E-state index contributed by atoms with van der Waals surface area (Å²) in [6.45, 7) is 5.90. The van der Waals surface area contributed by atoms with E-state index in [-0.39, 0.29) is 23.9 Å². The lowest BCUT2D eigenvalue weighted by Gasteiger charge is -2.19. The number of nitrogens with zero attached hydrogens (tertiary/aromatic N) is 1. The average Bonchev–Trinajstić information content (AvgIpc) is 2.71. The number of likely N-dealkylation sites (tertiary alicyclic amines) is 1. The minimum Gasteiger partial charge on any atom is -0.302 e. The molecule has 1 aliphatic heterocycles. The minimum absolute atomic E-state index is 0.0200. The van der Waals surface area contributed by atoms with Gasteiger partial charge in [-0.2, -0.15) is 0 Å². The van der Waals surface area contributed by atoms with Crippen molar-refractivity contribution in [3.63, 3.8) is 0 Å². The van der Waals surface area contributed by atoms with Gasteiger partial charge >= 0.3 is 0 Å². The summed E-state index contributed by atoms with van der Waals surface area (Å²) < 4.78 is 0. The molecule has 0 aromatic rings. The fourth-order valence-electron chi connectivity index (χ4n) is 2.14. The summed E-state index contributed by atoms with van der Waals surface area (Å²) in [7, 11) is 0. The third-order valence-electron chi connectivity index (χ3n) is 3.22. The molecule has 0 spiro atoms. The Hall–Kier alpha value is -0.900. The summed E-state index contributed by atoms with van der Waals surface area (Å²) >= 11 is 0. The van der Waals surface area contributed by atoms with E-state index < -0.39 is 0 Å². The van der Waals surface area contributed by atoms with Crippen molar-refractivity contribution < 1.29 is 9.59 Å². The fourth-order valence-corrected chi connectivity index (χ4v) is 2.14. The SMILES string of the molecule is CC1CC1NC1CC(=O)N(C(C)C)C1=O. The summed E-state index contributed by atoms with van der Waals surface area (Å²) in [5.74, 6) is 0.566. The molecule has 3 atom stereocenters. The van der Waals surface area contributed by atoms with Crippen LogP contribution in [0.1, 0.15) is 33.6 Å². The molecule has 4 heteroatoms. The van der Waals surface area contributed by atoms with E-state index in [1.165, 1.54) is 4.90 Å². The van der Waals surface area contributed by atoms with Gasteiger partial charge in [-0.1, -0.05) is 6.92 Å². The zero-order chi connectivity index (χ0) is 11.2. The van der Waals surface area contributed by atoms with Crippen LogP contribution in [-0.2, 0) is 9.59 Å². The van der Waals surface area contributed by atoms with Gasteiger partial charge in [-0.15, -0.1) is 0 Å². The first-order valence-electron chi connectivity index (χ1n) is 5.62. The molecule has 2 amide bonds. The lowest BCUT2D eigenvalue weighted by Crippen LogP contribution is -2.42. The maximum Gasteiger partial charge on any atom is 0.247 e. The molecule has 1 heterocycles. The number of carbonyl (C=O) groups excluding carboxylic acids is 2. The van der Waals surface area contributed by atoms with Gasteiger partial charge in [0.2, 0.25) is 11.8 Å². The second-order valence-electron chi connectivity index (χ2n) is 4.94. The number of carbonyl (C=O) groups is 2. The van der Waals surface area contributed by atoms with E-state index in [2.05, 4.69) is 12.2 Å². The van der Waals surface area contributed by atoms with Gasteiger partial charge in [0.05, 0.1) is 12.5 Å². The van der Waals surface area contributed by atoms with E-state index in [1.54, 1.807) is 0 Å². The Bertz CT molecular complexity index is 301. The van der Waals surface area contributed by atoms with Crippen LogP contribution >= 0.6 is 0 Å². The molecular weight excluding hydrogens is 192 g/mol. The number of hydrogen-bond donors (Lipinski definition) is 1. The zero-order valence-corrected chi connectivity index (χ0v) is 9.49. The molecule has 15 heavy (non-hydrogen) atoms. The Labute approximate surface area is 90.0 Å². The van der Waals surface area contributed by atoms with Crippen molar-refractivity contribution in [2.45, 2.75) is 51.7 Å². The Morgan fingerprint density at radius 3 is 2.40 bits per heavy atom. The van der Waals surface area contributed by atoms with Gasteiger partial charge in [-0.3, -0.25) is 14.5 Å². The normalized spacial score (nSPS) is 35.5. The van der Waals surface area contributed by atoms with Crippen molar-refractivity contribution in [2.75, 3.05) is 0 Å². The van der Waals surface area contributed by atoms with Crippen LogP contribution in [0.5, 0.6) is 0 Å². The highest BCUT2D eigenvalue weighted by atomic mass is 16.2. The molecule has 1 aliphatic carbocycles. The molecule has 4 nitrogen and oxygen atoms in total. The van der Waals surface area contributed by atoms with E-state index in [0.717, 1.165) is 6.42 Å². The van der Waals surface area contributed by atoms with E-state index in [9.17, 15) is 9.59 Å². The van der Waals surface area contributed by atoms with Crippen LogP contribution < -0.4 is 5.32 Å². The van der Waals surface area contributed by atoms with E-state index in [1.807, 2.05) is 13.8 Å². The number of rotatable bonds is 3. The maximum atomic E-state index is 11.9. The van der Waals surface area contributed by atoms with Gasteiger partial charge < -0.3 is 5.32 Å². The predicted octanol–water partition coefficient (Wildman–Crippen LogP) is 0.520. The quantitative estimate of drug-likeness (QED) is 0.691. The van der Waals surface area contributed by atoms with Crippen LogP contribution in [0.4, 0.5) is 0 Å². The monoisotopic (exact) mass is 210 g/mol. The highest BCUT2D eigenvalue weighted by Crippen LogP contribution is 2.31. The van der Waals surface area contributed by atoms with E-state index in [0.29, 0.717) is 18.4 Å². The lowest BCUT2D eigenvalue weighted by molar-refractivity contribution is -0.140. The molecule has 1 N–H and O–H groups in total. The lowest BCUT2D eigenvalue weighted by atomic mass is 10.2. The number of amides is 2. The average molecular weight is 210 g/mol. The van der Waals surface area contributed by atoms with Crippen molar-refractivity contribution in [1.82, 2.24) is 10.2 Å². The molecule has 84 valence electrons. The molecule has 0 radical (unpaired) electrons. The first kappa shape index (κ1) is 10.6. The van der Waals surface area contributed by atoms with E-state index in [4.69, 9.17) is 0 Å². The molecule has 0 aromatic carbocycles. The smallest absolute Gasteiger partial charge is 0.247 e. The molecule has 0 bridgehead atoms. The molecule has 3 unspecified atom stereocenters. The van der Waals surface area contributed by atoms with E-state index >= 15 is 0 Å². The van der Waals surface area contributed by atoms with Crippen LogP contribution in [0.3, 0.4) is 0 Å². The highest BCUT2D eigenvalue weighted by Gasteiger charge is 2.44. The van der Waals surface area contributed by atoms with Gasteiger partial charge in [-0.05, 0) is 26.2 Å². The molecular formula is C11H18N2O2. The molecule has 2 aliphatic rings. The Morgan fingerprint density at radius 2 is 2.00 bits per heavy atom. The third-order valence-corrected chi connectivity index (χ3v) is 3.22. The van der Waals surface area contributed by atoms with Crippen molar-refractivity contribution in [3.8, 4) is 0 Å². The third kappa shape index (κ3) is 1.91. The minimum atomic E-state index is -0.269. The second-order valence-corrected chi connectivity index (χ2v) is 4.94. The van der Waals surface area contributed by atoms with Gasteiger partial charge in [0.15, 0.2) is 0 Å². The summed E-state index contributed by atoms with van der Waals surface area (Å²) in [5, 5.41) is 3.26. The summed E-state index contributed by atoms with van der Waals surface area (Å²) in [4.78, 5) is 24.8. The summed E-state index contributed by atoms with van der Waals surface area (Å²) in [5.41, 5.74) is 0. The first-order chi connectivity index (χ1) is 7.00. The van der Waals surface area contributed by atoms with Crippen LogP contribution in [0.2, 0.25) is 0 Å². The predicted molar refractivity (Wildman–Crippen MR) is 56.1 cm³/mol. The molecule has 1 saturated heterocycles. The van der Waals surface area contributed by atoms with Gasteiger partial charge in [0, 0.05) is 12.1 Å². The van der Waals surface area contributed by atoms with Gasteiger partial charge in [0.1, 0.15) is 0 Å². The molecule has 0 aromatic heterocycles. The first-order valence-corrected chi connectivity index (χ1v) is 5.62. The Kier molecular flexibility index (Phi) is 2.54. The summed E-state index contributed by atoms with van der Waals surface area (Å²) in [6.07, 6.45) is 1.46. The Balaban J connectivity index is 1.98. The molecule has 1 saturated carbocycles. The van der Waals surface area contributed by atoms with Crippen molar-refractivity contribution in [1.29, 1.82) is 0 Å². The second kappa shape index (κ2) is 3.59.